The predicted octanol–water partition coefficient (Wildman–Crippen LogP) is 8.70. The first-order valence-electron chi connectivity index (χ1n) is 17.1. The van der Waals surface area contributed by atoms with Gasteiger partial charge in [-0.1, -0.05) is 24.8 Å². The van der Waals surface area contributed by atoms with Gasteiger partial charge in [-0.2, -0.15) is 0 Å². The molecule has 0 radical (unpaired) electrons. The molecule has 54 heavy (non-hydrogen) atoms. The number of aliphatic imine (C=N–C) groups is 1. The number of ether oxygens (including phenoxy) is 6. The molecule has 0 saturated carbocycles. The summed E-state index contributed by atoms with van der Waals surface area (Å²) in [4.78, 5) is 52.2. The van der Waals surface area contributed by atoms with Gasteiger partial charge in [0, 0.05) is 17.9 Å². The molecule has 4 aromatic rings. The minimum atomic E-state index is -0.583. The molecule has 4 rings (SSSR count). The molecule has 0 aliphatic rings. The summed E-state index contributed by atoms with van der Waals surface area (Å²) in [5, 5.41) is 0.210. The van der Waals surface area contributed by atoms with Crippen molar-refractivity contribution in [2.75, 3.05) is 26.4 Å². The van der Waals surface area contributed by atoms with Crippen molar-refractivity contribution in [1.29, 1.82) is 0 Å². The predicted molar refractivity (Wildman–Crippen MR) is 204 cm³/mol. The maximum absolute atomic E-state index is 12.8. The Balaban J connectivity index is 1.22. The van der Waals surface area contributed by atoms with Crippen LogP contribution in [0.1, 0.15) is 58.9 Å². The van der Waals surface area contributed by atoms with E-state index in [1.807, 2.05) is 6.92 Å². The van der Waals surface area contributed by atoms with Crippen molar-refractivity contribution in [1.82, 2.24) is 0 Å². The van der Waals surface area contributed by atoms with Gasteiger partial charge in [0.25, 0.3) is 0 Å². The summed E-state index contributed by atoms with van der Waals surface area (Å²) in [5.74, 6) is -0.253. The van der Waals surface area contributed by atoms with E-state index < -0.39 is 23.9 Å². The third kappa shape index (κ3) is 13.4. The van der Waals surface area contributed by atoms with E-state index in [0.717, 1.165) is 17.7 Å². The summed E-state index contributed by atoms with van der Waals surface area (Å²) >= 11 is 6.44. The number of hydrogen-bond donors (Lipinski definition) is 0. The van der Waals surface area contributed by atoms with Crippen molar-refractivity contribution in [2.24, 2.45) is 4.99 Å². The Morgan fingerprint density at radius 1 is 0.593 bits per heavy atom. The number of rotatable bonds is 20. The van der Waals surface area contributed by atoms with Gasteiger partial charge >= 0.3 is 23.9 Å². The van der Waals surface area contributed by atoms with Gasteiger partial charge in [-0.15, -0.1) is 0 Å². The van der Waals surface area contributed by atoms with E-state index in [9.17, 15) is 19.2 Å². The number of hydrogen-bond acceptors (Lipinski definition) is 11. The van der Waals surface area contributed by atoms with Crippen LogP contribution in [0.5, 0.6) is 23.0 Å². The van der Waals surface area contributed by atoms with Gasteiger partial charge in [-0.25, -0.2) is 19.2 Å². The summed E-state index contributed by atoms with van der Waals surface area (Å²) in [5.41, 5.74) is 2.71. The van der Waals surface area contributed by atoms with Crippen molar-refractivity contribution in [3.8, 4) is 23.0 Å². The van der Waals surface area contributed by atoms with E-state index >= 15 is 0 Å². The molecule has 0 heterocycles. The van der Waals surface area contributed by atoms with Crippen molar-refractivity contribution in [3.63, 3.8) is 0 Å². The highest BCUT2D eigenvalue weighted by Crippen LogP contribution is 2.30. The number of nitrogens with zero attached hydrogens (tertiary/aromatic N) is 1. The molecule has 0 saturated heterocycles. The maximum Gasteiger partial charge on any atom is 0.343 e. The Hall–Kier alpha value is -6.20. The van der Waals surface area contributed by atoms with Gasteiger partial charge < -0.3 is 28.4 Å². The lowest BCUT2D eigenvalue weighted by Gasteiger charge is -2.09. The zero-order chi connectivity index (χ0) is 38.7. The third-order valence-corrected chi connectivity index (χ3v) is 7.81. The second-order valence-electron chi connectivity index (χ2n) is 11.5. The molecule has 0 fully saturated rings. The topological polar surface area (TPSA) is 136 Å². The van der Waals surface area contributed by atoms with Crippen molar-refractivity contribution >= 4 is 46.9 Å². The maximum atomic E-state index is 12.8. The molecule has 12 heteroatoms. The lowest BCUT2D eigenvalue weighted by molar-refractivity contribution is -0.138. The average molecular weight is 754 g/mol. The molecule has 0 aliphatic carbocycles. The molecule has 0 aromatic heterocycles. The van der Waals surface area contributed by atoms with Gasteiger partial charge in [0.1, 0.15) is 23.0 Å². The summed E-state index contributed by atoms with van der Waals surface area (Å²) in [6.45, 7) is 9.99. The fourth-order valence-electron chi connectivity index (χ4n) is 4.62. The van der Waals surface area contributed by atoms with Crippen LogP contribution in [0.2, 0.25) is 5.02 Å². The van der Waals surface area contributed by atoms with Crippen LogP contribution < -0.4 is 18.9 Å². The summed E-state index contributed by atoms with van der Waals surface area (Å²) in [6, 6.07) is 24.9. The molecular weight excluding hydrogens is 714 g/mol. The van der Waals surface area contributed by atoms with Gasteiger partial charge in [-0.05, 0) is 129 Å². The zero-order valence-corrected chi connectivity index (χ0v) is 30.5. The standard InChI is InChI=1S/C42H40ClNO10/c1-4-39(45)51-26-8-6-24-49-34-17-12-31(13-18-34)41(47)53-36-21-10-30(11-22-36)29(3)44-33-16-23-38(37(43)28-33)54-42(48)32-14-19-35(20-15-32)50-25-7-9-27-52-40(46)5-2/h4-5,10-23,28H,1-2,6-9,24-27H2,3H3. The summed E-state index contributed by atoms with van der Waals surface area (Å²) in [7, 11) is 0. The highest BCUT2D eigenvalue weighted by Gasteiger charge is 2.13. The monoisotopic (exact) mass is 753 g/mol. The number of carbonyl (C=O) groups excluding carboxylic acids is 4. The van der Waals surface area contributed by atoms with Crippen LogP contribution in [-0.2, 0) is 19.1 Å². The quantitative estimate of drug-likeness (QED) is 0.0283. The summed E-state index contributed by atoms with van der Waals surface area (Å²) < 4.78 is 32.3. The average Bonchev–Trinajstić information content (AvgIpc) is 3.18. The SMILES string of the molecule is C=CC(=O)OCCCCOc1ccc(C(=O)Oc2ccc(C(C)=Nc3ccc(OC(=O)c4ccc(OCCCCOC(=O)C=C)cc4)c(Cl)c3)cc2)cc1. The third-order valence-electron chi connectivity index (χ3n) is 7.51. The van der Waals surface area contributed by atoms with Crippen LogP contribution in [0.25, 0.3) is 0 Å². The lowest BCUT2D eigenvalue weighted by Crippen LogP contribution is -2.09. The molecule has 0 spiro atoms. The van der Waals surface area contributed by atoms with Crippen LogP contribution in [0.3, 0.4) is 0 Å². The molecular formula is C42H40ClNO10. The molecule has 0 aliphatic heterocycles. The first kappa shape index (κ1) is 40.6. The molecule has 0 N–H and O–H groups in total. The first-order valence-corrected chi connectivity index (χ1v) is 17.5. The normalized spacial score (nSPS) is 10.8. The fraction of sp³-hybridized carbons (Fsp3) is 0.214. The van der Waals surface area contributed by atoms with E-state index in [4.69, 9.17) is 40.0 Å². The van der Waals surface area contributed by atoms with Crippen LogP contribution in [0.4, 0.5) is 5.69 Å². The Kier molecular flexibility index (Phi) is 16.0. The number of esters is 4. The van der Waals surface area contributed by atoms with Gasteiger partial charge in [0.05, 0.1) is 48.3 Å². The first-order chi connectivity index (χ1) is 26.1. The lowest BCUT2D eigenvalue weighted by atomic mass is 10.1. The van der Waals surface area contributed by atoms with Crippen LogP contribution >= 0.6 is 11.6 Å². The zero-order valence-electron chi connectivity index (χ0n) is 29.8. The van der Waals surface area contributed by atoms with Crippen molar-refractivity contribution < 1.29 is 47.6 Å². The number of benzene rings is 4. The minimum Gasteiger partial charge on any atom is -0.494 e. The van der Waals surface area contributed by atoms with Gasteiger partial charge in [0.15, 0.2) is 0 Å². The molecule has 0 atom stereocenters. The molecule has 0 unspecified atom stereocenters. The van der Waals surface area contributed by atoms with E-state index in [1.165, 1.54) is 0 Å². The fourth-order valence-corrected chi connectivity index (χ4v) is 4.83. The second-order valence-corrected chi connectivity index (χ2v) is 11.9. The molecule has 0 amide bonds. The molecule has 4 aromatic carbocycles. The molecule has 0 bridgehead atoms. The highest BCUT2D eigenvalue weighted by atomic mass is 35.5. The second kappa shape index (κ2) is 21.4. The Morgan fingerprint density at radius 2 is 1.04 bits per heavy atom. The van der Waals surface area contributed by atoms with E-state index in [1.54, 1.807) is 91.0 Å². The Bertz CT molecular complexity index is 1940. The van der Waals surface area contributed by atoms with Crippen molar-refractivity contribution in [2.45, 2.75) is 32.6 Å². The number of unbranched alkanes of at least 4 members (excludes halogenated alkanes) is 2. The molecule has 11 nitrogen and oxygen atoms in total. The van der Waals surface area contributed by atoms with E-state index in [2.05, 4.69) is 18.2 Å². The Morgan fingerprint density at radius 3 is 1.52 bits per heavy atom. The highest BCUT2D eigenvalue weighted by molar-refractivity contribution is 6.32. The molecule has 280 valence electrons. The largest absolute Gasteiger partial charge is 0.494 e. The van der Waals surface area contributed by atoms with Gasteiger partial charge in [-0.3, -0.25) is 4.99 Å². The smallest absolute Gasteiger partial charge is 0.343 e. The Labute approximate surface area is 318 Å². The van der Waals surface area contributed by atoms with Gasteiger partial charge in [0.2, 0.25) is 0 Å². The number of halogens is 1. The van der Waals surface area contributed by atoms with E-state index in [0.29, 0.717) is 91.9 Å². The number of carbonyl (C=O) groups is 4. The summed E-state index contributed by atoms with van der Waals surface area (Å²) in [6.07, 6.45) is 4.94. The minimum absolute atomic E-state index is 0.185. The van der Waals surface area contributed by atoms with E-state index in [-0.39, 0.29) is 10.8 Å². The van der Waals surface area contributed by atoms with Crippen LogP contribution in [-0.4, -0.2) is 56.0 Å². The van der Waals surface area contributed by atoms with Crippen LogP contribution in [0.15, 0.2) is 121 Å². The van der Waals surface area contributed by atoms with Crippen LogP contribution in [0, 0.1) is 0 Å². The van der Waals surface area contributed by atoms with Crippen molar-refractivity contribution in [3.05, 3.63) is 138 Å².